The minimum atomic E-state index is -0.626. The van der Waals surface area contributed by atoms with E-state index in [1.165, 1.54) is 13.2 Å². The van der Waals surface area contributed by atoms with Crippen LogP contribution in [0.4, 0.5) is 0 Å². The van der Waals surface area contributed by atoms with Crippen LogP contribution in [0, 0.1) is 0 Å². The summed E-state index contributed by atoms with van der Waals surface area (Å²) in [6.45, 7) is 6.55. The van der Waals surface area contributed by atoms with Crippen LogP contribution in [-0.4, -0.2) is 43.5 Å². The number of allylic oxidation sites excluding steroid dienone is 2. The van der Waals surface area contributed by atoms with Crippen LogP contribution in [0.5, 0.6) is 0 Å². The molecule has 0 heterocycles. The zero-order valence-corrected chi connectivity index (χ0v) is 12.2. The number of ether oxygens (including phenoxy) is 2. The van der Waals surface area contributed by atoms with Crippen LogP contribution in [0.1, 0.15) is 27.2 Å². The summed E-state index contributed by atoms with van der Waals surface area (Å²) in [7, 11) is 1.31. The van der Waals surface area contributed by atoms with E-state index in [-0.39, 0.29) is 6.61 Å². The first kappa shape index (κ1) is 17.7. The molecule has 110 valence electrons. The lowest BCUT2D eigenvalue weighted by molar-refractivity contribution is -0.135. The van der Waals surface area contributed by atoms with Gasteiger partial charge < -0.3 is 19.9 Å². The third-order valence-corrected chi connectivity index (χ3v) is 2.18. The Kier molecular flexibility index (Phi) is 9.84. The van der Waals surface area contributed by atoms with E-state index >= 15 is 0 Å². The molecule has 0 aliphatic heterocycles. The summed E-state index contributed by atoms with van der Waals surface area (Å²) in [4.78, 5) is 11.2. The molecule has 2 N–H and O–H groups in total. The Morgan fingerprint density at radius 3 is 2.63 bits per heavy atom. The maximum Gasteiger partial charge on any atom is 0.334 e. The highest BCUT2D eigenvalue weighted by Crippen LogP contribution is 2.03. The van der Waals surface area contributed by atoms with Crippen molar-refractivity contribution in [3.05, 3.63) is 24.0 Å². The van der Waals surface area contributed by atoms with Crippen LogP contribution in [0.3, 0.4) is 0 Å². The minimum absolute atomic E-state index is 0.122. The van der Waals surface area contributed by atoms with Crippen LogP contribution in [0.2, 0.25) is 0 Å². The summed E-state index contributed by atoms with van der Waals surface area (Å²) in [5, 5.41) is 12.8. The molecule has 1 atom stereocenters. The van der Waals surface area contributed by atoms with E-state index in [1.807, 2.05) is 26.8 Å². The van der Waals surface area contributed by atoms with Gasteiger partial charge >= 0.3 is 5.97 Å². The van der Waals surface area contributed by atoms with Gasteiger partial charge in [0.2, 0.25) is 0 Å². The van der Waals surface area contributed by atoms with E-state index in [4.69, 9.17) is 4.74 Å². The second kappa shape index (κ2) is 10.6. The molecule has 0 bridgehead atoms. The molecule has 0 amide bonds. The quantitative estimate of drug-likeness (QED) is 0.287. The molecule has 0 aliphatic rings. The molecule has 0 spiro atoms. The fourth-order valence-electron chi connectivity index (χ4n) is 1.17. The Morgan fingerprint density at radius 1 is 1.42 bits per heavy atom. The van der Waals surface area contributed by atoms with Gasteiger partial charge in [-0.2, -0.15) is 0 Å². The number of hydrogen-bond donors (Lipinski definition) is 2. The van der Waals surface area contributed by atoms with Crippen molar-refractivity contribution < 1.29 is 19.4 Å². The number of aliphatic hydroxyl groups excluding tert-OH is 1. The second-order valence-corrected chi connectivity index (χ2v) is 4.41. The van der Waals surface area contributed by atoms with Gasteiger partial charge in [-0.25, -0.2) is 4.79 Å². The average Bonchev–Trinajstić information content (AvgIpc) is 2.39. The minimum Gasteiger partial charge on any atom is -0.491 e. The van der Waals surface area contributed by atoms with Crippen molar-refractivity contribution >= 4 is 5.97 Å². The zero-order valence-electron chi connectivity index (χ0n) is 12.2. The molecule has 5 nitrogen and oxygen atoms in total. The molecule has 0 rings (SSSR count). The number of hydrogen-bond acceptors (Lipinski definition) is 5. The van der Waals surface area contributed by atoms with Crippen molar-refractivity contribution in [2.45, 2.75) is 39.3 Å². The topological polar surface area (TPSA) is 67.8 Å². The summed E-state index contributed by atoms with van der Waals surface area (Å²) in [6, 6.07) is 0.305. The number of methoxy groups -OCH3 is 1. The molecule has 0 saturated carbocycles. The third kappa shape index (κ3) is 10.3. The third-order valence-electron chi connectivity index (χ3n) is 2.18. The van der Waals surface area contributed by atoms with Crippen molar-refractivity contribution in [1.29, 1.82) is 0 Å². The molecule has 19 heavy (non-hydrogen) atoms. The molecule has 5 heteroatoms. The maximum absolute atomic E-state index is 11.2. The smallest absolute Gasteiger partial charge is 0.334 e. The number of aliphatic hydroxyl groups is 1. The Labute approximate surface area is 115 Å². The molecular weight excluding hydrogens is 246 g/mol. The van der Waals surface area contributed by atoms with Gasteiger partial charge in [0.15, 0.2) is 0 Å². The van der Waals surface area contributed by atoms with Crippen molar-refractivity contribution in [3.8, 4) is 0 Å². The molecular formula is C14H25NO4. The Balaban J connectivity index is 4.29. The van der Waals surface area contributed by atoms with Gasteiger partial charge in [0.25, 0.3) is 0 Å². The van der Waals surface area contributed by atoms with Gasteiger partial charge in [-0.05, 0) is 12.5 Å². The standard InChI is InChI=1S/C14H25NO4/c1-5-6-7-13(8-14(17)18-4)19-10-12(16)9-15-11(2)3/h6-8,11-12,15-16H,5,9-10H2,1-4H3/b7-6-,13-8+. The Morgan fingerprint density at radius 2 is 2.11 bits per heavy atom. The SMILES string of the molecule is CC/C=C\C(=C/C(=O)OC)OCC(O)CNC(C)C. The lowest BCUT2D eigenvalue weighted by Crippen LogP contribution is -2.34. The van der Waals surface area contributed by atoms with Crippen LogP contribution in [-0.2, 0) is 14.3 Å². The van der Waals surface area contributed by atoms with E-state index in [0.29, 0.717) is 18.3 Å². The summed E-state index contributed by atoms with van der Waals surface area (Å²) in [5.74, 6) is -0.0946. The summed E-state index contributed by atoms with van der Waals surface area (Å²) in [5.41, 5.74) is 0. The first-order valence-electron chi connectivity index (χ1n) is 6.50. The largest absolute Gasteiger partial charge is 0.491 e. The fourth-order valence-corrected chi connectivity index (χ4v) is 1.17. The zero-order chi connectivity index (χ0) is 14.7. The Hall–Kier alpha value is -1.33. The molecule has 0 aliphatic carbocycles. The van der Waals surface area contributed by atoms with E-state index in [0.717, 1.165) is 6.42 Å². The first-order chi connectivity index (χ1) is 8.99. The lowest BCUT2D eigenvalue weighted by Gasteiger charge is -2.15. The van der Waals surface area contributed by atoms with Gasteiger partial charge in [-0.3, -0.25) is 0 Å². The van der Waals surface area contributed by atoms with E-state index in [1.54, 1.807) is 6.08 Å². The molecule has 0 aromatic heterocycles. The van der Waals surface area contributed by atoms with E-state index in [9.17, 15) is 9.90 Å². The van der Waals surface area contributed by atoms with Gasteiger partial charge in [-0.1, -0.05) is 26.8 Å². The second-order valence-electron chi connectivity index (χ2n) is 4.41. The number of esters is 1. The molecule has 0 saturated heterocycles. The number of nitrogens with one attached hydrogen (secondary N) is 1. The average molecular weight is 271 g/mol. The summed E-state index contributed by atoms with van der Waals surface area (Å²) < 4.78 is 9.94. The van der Waals surface area contributed by atoms with E-state index < -0.39 is 12.1 Å². The van der Waals surface area contributed by atoms with Gasteiger partial charge in [0.05, 0.1) is 13.2 Å². The summed E-state index contributed by atoms with van der Waals surface area (Å²) in [6.07, 6.45) is 5.03. The normalized spacial score (nSPS) is 13.9. The number of carbonyl (C=O) groups excluding carboxylic acids is 1. The highest BCUT2D eigenvalue weighted by molar-refractivity contribution is 5.82. The Bertz CT molecular complexity index is 311. The molecule has 1 unspecified atom stereocenters. The van der Waals surface area contributed by atoms with Crippen LogP contribution in [0.15, 0.2) is 24.0 Å². The molecule has 0 radical (unpaired) electrons. The van der Waals surface area contributed by atoms with Crippen molar-refractivity contribution in [1.82, 2.24) is 5.32 Å². The molecule has 0 aromatic rings. The summed E-state index contributed by atoms with van der Waals surface area (Å²) >= 11 is 0. The fraction of sp³-hybridized carbons (Fsp3) is 0.643. The highest BCUT2D eigenvalue weighted by Gasteiger charge is 2.07. The van der Waals surface area contributed by atoms with Crippen LogP contribution in [0.25, 0.3) is 0 Å². The highest BCUT2D eigenvalue weighted by atomic mass is 16.5. The van der Waals surface area contributed by atoms with Crippen molar-refractivity contribution in [2.24, 2.45) is 0 Å². The monoisotopic (exact) mass is 271 g/mol. The number of carbonyl (C=O) groups is 1. The van der Waals surface area contributed by atoms with Crippen LogP contribution >= 0.6 is 0 Å². The van der Waals surface area contributed by atoms with Crippen molar-refractivity contribution in [2.75, 3.05) is 20.3 Å². The van der Waals surface area contributed by atoms with Gasteiger partial charge in [0.1, 0.15) is 18.5 Å². The molecule has 0 fully saturated rings. The van der Waals surface area contributed by atoms with E-state index in [2.05, 4.69) is 10.1 Å². The maximum atomic E-state index is 11.2. The number of rotatable bonds is 9. The predicted molar refractivity (Wildman–Crippen MR) is 74.6 cm³/mol. The van der Waals surface area contributed by atoms with Crippen molar-refractivity contribution in [3.63, 3.8) is 0 Å². The van der Waals surface area contributed by atoms with Crippen LogP contribution < -0.4 is 5.32 Å². The molecule has 0 aromatic carbocycles. The first-order valence-corrected chi connectivity index (χ1v) is 6.50. The van der Waals surface area contributed by atoms with Gasteiger partial charge in [0, 0.05) is 12.6 Å². The predicted octanol–water partition coefficient (Wildman–Crippen LogP) is 1.39. The lowest BCUT2D eigenvalue weighted by atomic mass is 10.3. The van der Waals surface area contributed by atoms with Gasteiger partial charge in [-0.15, -0.1) is 0 Å².